The van der Waals surface area contributed by atoms with E-state index in [9.17, 15) is 9.59 Å². The Balaban J connectivity index is 1.96. The van der Waals surface area contributed by atoms with Gasteiger partial charge in [-0.2, -0.15) is 0 Å². The Morgan fingerprint density at radius 1 is 1.27 bits per heavy atom. The lowest BCUT2D eigenvalue weighted by molar-refractivity contribution is 0.0210. The highest BCUT2D eigenvalue weighted by atomic mass is 35.5. The number of likely N-dealkylation sites (tertiary alicyclic amines) is 1. The molecule has 144 valence electrons. The van der Waals surface area contributed by atoms with Crippen LogP contribution in [-0.4, -0.2) is 58.8 Å². The minimum atomic E-state index is -0.700. The molecule has 0 saturated carbocycles. The number of methoxy groups -OCH3 is 1. The summed E-state index contributed by atoms with van der Waals surface area (Å²) in [5.41, 5.74) is 5.11. The molecule has 0 bridgehead atoms. The monoisotopic (exact) mass is 385 g/mol. The van der Waals surface area contributed by atoms with Crippen molar-refractivity contribution in [2.24, 2.45) is 0 Å². The average Bonchev–Trinajstić information content (AvgIpc) is 2.56. The van der Waals surface area contributed by atoms with Gasteiger partial charge >= 0.3 is 12.1 Å². The van der Waals surface area contributed by atoms with Crippen LogP contribution in [0.1, 0.15) is 44.1 Å². The molecule has 9 nitrogen and oxygen atoms in total. The first-order valence-corrected chi connectivity index (χ1v) is 8.64. The molecule has 2 rings (SSSR count). The second kappa shape index (κ2) is 7.94. The second-order valence-electron chi connectivity index (χ2n) is 6.97. The highest BCUT2D eigenvalue weighted by Crippen LogP contribution is 2.24. The fraction of sp³-hybridized carbons (Fsp3) is 0.625. The predicted octanol–water partition coefficient (Wildman–Crippen LogP) is 2.31. The standard InChI is InChI=1S/C16H24ClN5O4/c1-16(2,3)26-15(24)22-7-5-9(6-8-22)19-13-11(17)20-10(12(18)21-13)14(23)25-4/h9H,5-8H2,1-4H3,(H3,18,19,21). The summed E-state index contributed by atoms with van der Waals surface area (Å²) in [5.74, 6) is -0.461. The first-order chi connectivity index (χ1) is 12.1. The summed E-state index contributed by atoms with van der Waals surface area (Å²) < 4.78 is 9.96. The van der Waals surface area contributed by atoms with Crippen LogP contribution in [0.3, 0.4) is 0 Å². The molecule has 2 heterocycles. The summed E-state index contributed by atoms with van der Waals surface area (Å²) in [6.07, 6.45) is 1.06. The Hall–Kier alpha value is -2.29. The number of ether oxygens (including phenoxy) is 2. The van der Waals surface area contributed by atoms with Crippen molar-refractivity contribution in [1.82, 2.24) is 14.9 Å². The number of esters is 1. The Morgan fingerprint density at radius 2 is 1.88 bits per heavy atom. The number of rotatable bonds is 3. The van der Waals surface area contributed by atoms with Gasteiger partial charge in [-0.05, 0) is 33.6 Å². The quantitative estimate of drug-likeness (QED) is 0.760. The smallest absolute Gasteiger partial charge is 0.410 e. The van der Waals surface area contributed by atoms with Crippen molar-refractivity contribution in [3.05, 3.63) is 10.8 Å². The lowest BCUT2D eigenvalue weighted by atomic mass is 10.1. The van der Waals surface area contributed by atoms with Crippen LogP contribution in [0.15, 0.2) is 0 Å². The lowest BCUT2D eigenvalue weighted by Gasteiger charge is -2.34. The molecule has 1 saturated heterocycles. The predicted molar refractivity (Wildman–Crippen MR) is 97.2 cm³/mol. The van der Waals surface area contributed by atoms with Gasteiger partial charge in [0.25, 0.3) is 0 Å². The SMILES string of the molecule is COC(=O)c1nc(Cl)c(NC2CCN(C(=O)OC(C)(C)C)CC2)nc1N. The molecule has 0 unspecified atom stereocenters. The third-order valence-corrected chi connectivity index (χ3v) is 4.01. The normalized spacial score (nSPS) is 15.5. The molecule has 0 aliphatic carbocycles. The molecule has 0 spiro atoms. The van der Waals surface area contributed by atoms with E-state index in [2.05, 4.69) is 20.0 Å². The van der Waals surface area contributed by atoms with E-state index in [4.69, 9.17) is 22.1 Å². The highest BCUT2D eigenvalue weighted by Gasteiger charge is 2.27. The summed E-state index contributed by atoms with van der Waals surface area (Å²) in [6.45, 7) is 6.60. The molecule has 0 aromatic carbocycles. The van der Waals surface area contributed by atoms with Crippen LogP contribution in [0.4, 0.5) is 16.4 Å². The van der Waals surface area contributed by atoms with Gasteiger partial charge < -0.3 is 25.4 Å². The van der Waals surface area contributed by atoms with E-state index >= 15 is 0 Å². The third kappa shape index (κ3) is 5.10. The number of halogens is 1. The van der Waals surface area contributed by atoms with E-state index in [-0.39, 0.29) is 28.8 Å². The Labute approximate surface area is 157 Å². The fourth-order valence-electron chi connectivity index (χ4n) is 2.49. The number of aromatic nitrogens is 2. The van der Waals surface area contributed by atoms with Gasteiger partial charge in [0.05, 0.1) is 7.11 Å². The van der Waals surface area contributed by atoms with Gasteiger partial charge in [-0.1, -0.05) is 11.6 Å². The van der Waals surface area contributed by atoms with Crippen LogP contribution < -0.4 is 11.1 Å². The van der Waals surface area contributed by atoms with Crippen molar-refractivity contribution in [3.63, 3.8) is 0 Å². The topological polar surface area (TPSA) is 120 Å². The summed E-state index contributed by atoms with van der Waals surface area (Å²) in [7, 11) is 1.22. The largest absolute Gasteiger partial charge is 0.464 e. The van der Waals surface area contributed by atoms with Gasteiger partial charge in [0.2, 0.25) is 0 Å². The minimum Gasteiger partial charge on any atom is -0.464 e. The van der Waals surface area contributed by atoms with Crippen LogP contribution in [0.5, 0.6) is 0 Å². The van der Waals surface area contributed by atoms with Crippen LogP contribution in [-0.2, 0) is 9.47 Å². The fourth-order valence-corrected chi connectivity index (χ4v) is 2.67. The number of carbonyl (C=O) groups excluding carboxylic acids is 2. The number of nitrogens with two attached hydrogens (primary N) is 1. The van der Waals surface area contributed by atoms with Crippen LogP contribution in [0.25, 0.3) is 0 Å². The number of hydrogen-bond acceptors (Lipinski definition) is 8. The molecule has 1 aromatic heterocycles. The zero-order valence-electron chi connectivity index (χ0n) is 15.3. The van der Waals surface area contributed by atoms with Gasteiger partial charge in [0.1, 0.15) is 5.60 Å². The molecule has 0 radical (unpaired) electrons. The van der Waals surface area contributed by atoms with E-state index < -0.39 is 11.6 Å². The lowest BCUT2D eigenvalue weighted by Crippen LogP contribution is -2.44. The number of hydrogen-bond donors (Lipinski definition) is 2. The maximum absolute atomic E-state index is 12.1. The van der Waals surface area contributed by atoms with Crippen molar-refractivity contribution >= 4 is 35.3 Å². The molecule has 26 heavy (non-hydrogen) atoms. The first kappa shape index (κ1) is 20.0. The molecule has 0 atom stereocenters. The van der Waals surface area contributed by atoms with Crippen molar-refractivity contribution in [3.8, 4) is 0 Å². The second-order valence-corrected chi connectivity index (χ2v) is 7.33. The molecule has 1 amide bonds. The van der Waals surface area contributed by atoms with Crippen LogP contribution >= 0.6 is 11.6 Å². The molecule has 1 aliphatic rings. The first-order valence-electron chi connectivity index (χ1n) is 8.26. The zero-order valence-corrected chi connectivity index (χ0v) is 16.1. The molecular weight excluding hydrogens is 362 g/mol. The zero-order chi connectivity index (χ0) is 19.5. The van der Waals surface area contributed by atoms with Crippen molar-refractivity contribution in [2.75, 3.05) is 31.2 Å². The Bertz CT molecular complexity index is 684. The molecule has 3 N–H and O–H groups in total. The third-order valence-electron chi connectivity index (χ3n) is 3.75. The summed E-state index contributed by atoms with van der Waals surface area (Å²) in [6, 6.07) is 0.0452. The van der Waals surface area contributed by atoms with Gasteiger partial charge in [0.15, 0.2) is 22.5 Å². The van der Waals surface area contributed by atoms with Crippen LogP contribution in [0, 0.1) is 0 Å². The maximum atomic E-state index is 12.1. The van der Waals surface area contributed by atoms with Gasteiger partial charge in [-0.15, -0.1) is 0 Å². The number of anilines is 2. The van der Waals surface area contributed by atoms with Crippen molar-refractivity contribution in [1.29, 1.82) is 0 Å². The average molecular weight is 386 g/mol. The van der Waals surface area contributed by atoms with E-state index in [0.29, 0.717) is 31.7 Å². The molecule has 1 aromatic rings. The maximum Gasteiger partial charge on any atom is 0.410 e. The number of piperidine rings is 1. The summed E-state index contributed by atoms with van der Waals surface area (Å²) >= 11 is 6.09. The molecule has 1 fully saturated rings. The van der Waals surface area contributed by atoms with Crippen molar-refractivity contribution in [2.45, 2.75) is 45.3 Å². The number of nitrogen functional groups attached to an aromatic ring is 1. The Kier molecular flexibility index (Phi) is 6.12. The highest BCUT2D eigenvalue weighted by molar-refractivity contribution is 6.32. The summed E-state index contributed by atoms with van der Waals surface area (Å²) in [5, 5.41) is 3.20. The number of nitrogens with zero attached hydrogens (tertiary/aromatic N) is 3. The van der Waals surface area contributed by atoms with Gasteiger partial charge in [-0.3, -0.25) is 0 Å². The molecule has 10 heteroatoms. The number of amides is 1. The summed E-state index contributed by atoms with van der Waals surface area (Å²) in [4.78, 5) is 33.4. The van der Waals surface area contributed by atoms with E-state index in [0.717, 1.165) is 0 Å². The Morgan fingerprint density at radius 3 is 2.42 bits per heavy atom. The number of nitrogens with one attached hydrogen (secondary N) is 1. The minimum absolute atomic E-state index is 0.0363. The van der Waals surface area contributed by atoms with Gasteiger partial charge in [0, 0.05) is 19.1 Å². The van der Waals surface area contributed by atoms with Crippen molar-refractivity contribution < 1.29 is 19.1 Å². The van der Waals surface area contributed by atoms with Crippen LogP contribution in [0.2, 0.25) is 5.15 Å². The van der Waals surface area contributed by atoms with Gasteiger partial charge in [-0.25, -0.2) is 19.6 Å². The molecular formula is C16H24ClN5O4. The van der Waals surface area contributed by atoms with E-state index in [1.807, 2.05) is 20.8 Å². The number of carbonyl (C=O) groups is 2. The molecule has 1 aliphatic heterocycles. The van der Waals surface area contributed by atoms with E-state index in [1.54, 1.807) is 4.90 Å². The van der Waals surface area contributed by atoms with E-state index in [1.165, 1.54) is 7.11 Å².